The van der Waals surface area contributed by atoms with Crippen LogP contribution >= 0.6 is 0 Å². The van der Waals surface area contributed by atoms with Gasteiger partial charge in [-0.3, -0.25) is 9.59 Å². The van der Waals surface area contributed by atoms with Crippen LogP contribution in [0.2, 0.25) is 0 Å². The number of amides is 1. The van der Waals surface area contributed by atoms with Crippen molar-refractivity contribution >= 4 is 11.7 Å². The van der Waals surface area contributed by atoms with Crippen LogP contribution in [0.25, 0.3) is 0 Å². The van der Waals surface area contributed by atoms with Gasteiger partial charge in [0.2, 0.25) is 5.91 Å². The SMILES string of the molecule is CC(=O)C1CCCCC1.NC(=O)CCOC1CCCCC1. The fourth-order valence-corrected chi connectivity index (χ4v) is 3.07. The molecule has 1 amide bonds. The maximum Gasteiger partial charge on any atom is 0.219 e. The number of carbonyl (C=O) groups excluding carboxylic acids is 2. The molecule has 0 aromatic rings. The zero-order chi connectivity index (χ0) is 15.5. The highest BCUT2D eigenvalue weighted by Gasteiger charge is 2.16. The fraction of sp³-hybridized carbons (Fsp3) is 0.882. The largest absolute Gasteiger partial charge is 0.378 e. The van der Waals surface area contributed by atoms with Crippen LogP contribution in [0.3, 0.4) is 0 Å². The maximum atomic E-state index is 10.8. The molecule has 2 saturated carbocycles. The molecule has 21 heavy (non-hydrogen) atoms. The monoisotopic (exact) mass is 297 g/mol. The number of hydrogen-bond donors (Lipinski definition) is 1. The van der Waals surface area contributed by atoms with Gasteiger partial charge < -0.3 is 10.5 Å². The van der Waals surface area contributed by atoms with E-state index in [2.05, 4.69) is 0 Å². The summed E-state index contributed by atoms with van der Waals surface area (Å²) in [5.41, 5.74) is 4.99. The van der Waals surface area contributed by atoms with Crippen molar-refractivity contribution in [2.45, 2.75) is 83.7 Å². The van der Waals surface area contributed by atoms with E-state index in [1.165, 1.54) is 38.5 Å². The van der Waals surface area contributed by atoms with Crippen LogP contribution < -0.4 is 5.73 Å². The predicted molar refractivity (Wildman–Crippen MR) is 83.9 cm³/mol. The second-order valence-corrected chi connectivity index (χ2v) is 6.29. The summed E-state index contributed by atoms with van der Waals surface area (Å²) in [7, 11) is 0. The molecular formula is C17H31NO3. The molecule has 0 spiro atoms. The van der Waals surface area contributed by atoms with Crippen molar-refractivity contribution in [3.63, 3.8) is 0 Å². The van der Waals surface area contributed by atoms with Crippen LogP contribution in [0.1, 0.15) is 77.6 Å². The van der Waals surface area contributed by atoms with E-state index in [1.807, 2.05) is 0 Å². The Balaban J connectivity index is 0.000000219. The summed E-state index contributed by atoms with van der Waals surface area (Å²) < 4.78 is 5.49. The molecule has 0 radical (unpaired) electrons. The van der Waals surface area contributed by atoms with Crippen LogP contribution in [0.5, 0.6) is 0 Å². The average Bonchev–Trinajstić information content (AvgIpc) is 2.49. The Labute approximate surface area is 128 Å². The first-order valence-corrected chi connectivity index (χ1v) is 8.50. The maximum absolute atomic E-state index is 10.8. The zero-order valence-electron chi connectivity index (χ0n) is 13.4. The second-order valence-electron chi connectivity index (χ2n) is 6.29. The van der Waals surface area contributed by atoms with Crippen LogP contribution in [0, 0.1) is 5.92 Å². The summed E-state index contributed by atoms with van der Waals surface area (Å²) in [6.07, 6.45) is 13.1. The van der Waals surface area contributed by atoms with E-state index in [-0.39, 0.29) is 5.91 Å². The summed E-state index contributed by atoms with van der Waals surface area (Å²) in [5.74, 6) is 0.541. The van der Waals surface area contributed by atoms with Gasteiger partial charge in [0.15, 0.2) is 0 Å². The highest BCUT2D eigenvalue weighted by atomic mass is 16.5. The van der Waals surface area contributed by atoms with Crippen molar-refractivity contribution in [2.24, 2.45) is 11.7 Å². The first kappa shape index (κ1) is 18.1. The van der Waals surface area contributed by atoms with Crippen LogP contribution in [-0.4, -0.2) is 24.4 Å². The quantitative estimate of drug-likeness (QED) is 0.846. The first-order chi connectivity index (χ1) is 10.1. The molecule has 4 nitrogen and oxygen atoms in total. The third kappa shape index (κ3) is 8.86. The number of Topliss-reactive ketones (excluding diaryl/α,β-unsaturated/α-hetero) is 1. The lowest BCUT2D eigenvalue weighted by Gasteiger charge is -2.21. The lowest BCUT2D eigenvalue weighted by molar-refractivity contribution is -0.121. The van der Waals surface area contributed by atoms with Crippen LogP contribution in [0.15, 0.2) is 0 Å². The van der Waals surface area contributed by atoms with Gasteiger partial charge >= 0.3 is 0 Å². The topological polar surface area (TPSA) is 69.4 Å². The van der Waals surface area contributed by atoms with Gasteiger partial charge in [-0.1, -0.05) is 38.5 Å². The van der Waals surface area contributed by atoms with Gasteiger partial charge in [0.05, 0.1) is 12.7 Å². The van der Waals surface area contributed by atoms with Gasteiger partial charge in [0.1, 0.15) is 5.78 Å². The molecule has 0 aliphatic heterocycles. The number of primary amides is 1. The van der Waals surface area contributed by atoms with E-state index in [4.69, 9.17) is 10.5 Å². The minimum absolute atomic E-state index is 0.272. The van der Waals surface area contributed by atoms with E-state index in [9.17, 15) is 9.59 Å². The molecule has 0 aromatic heterocycles. The van der Waals surface area contributed by atoms with Crippen molar-refractivity contribution in [3.8, 4) is 0 Å². The van der Waals surface area contributed by atoms with Gasteiger partial charge in [-0.25, -0.2) is 0 Å². The zero-order valence-corrected chi connectivity index (χ0v) is 13.4. The first-order valence-electron chi connectivity index (χ1n) is 8.50. The number of rotatable bonds is 5. The molecule has 2 rings (SSSR count). The molecule has 0 unspecified atom stereocenters. The lowest BCUT2D eigenvalue weighted by Crippen LogP contribution is -2.20. The molecule has 2 N–H and O–H groups in total. The molecular weight excluding hydrogens is 266 g/mol. The third-order valence-corrected chi connectivity index (χ3v) is 4.43. The molecule has 2 aliphatic carbocycles. The minimum Gasteiger partial charge on any atom is -0.378 e. The second kappa shape index (κ2) is 10.8. The van der Waals surface area contributed by atoms with Gasteiger partial charge in [-0.15, -0.1) is 0 Å². The number of ether oxygens (including phenoxy) is 1. The van der Waals surface area contributed by atoms with Crippen molar-refractivity contribution in [1.82, 2.24) is 0 Å². The molecule has 0 atom stereocenters. The van der Waals surface area contributed by atoms with Crippen molar-refractivity contribution in [3.05, 3.63) is 0 Å². The number of carbonyl (C=O) groups is 2. The molecule has 2 fully saturated rings. The summed E-state index contributed by atoms with van der Waals surface area (Å²) >= 11 is 0. The highest BCUT2D eigenvalue weighted by molar-refractivity contribution is 5.78. The number of hydrogen-bond acceptors (Lipinski definition) is 3. The summed E-state index contributed by atoms with van der Waals surface area (Å²) in [5, 5.41) is 0. The van der Waals surface area contributed by atoms with Crippen molar-refractivity contribution in [2.75, 3.05) is 6.61 Å². The fourth-order valence-electron chi connectivity index (χ4n) is 3.07. The lowest BCUT2D eigenvalue weighted by atomic mass is 9.87. The molecule has 0 aromatic carbocycles. The Morgan fingerprint density at radius 3 is 1.90 bits per heavy atom. The molecule has 0 saturated heterocycles. The van der Waals surface area contributed by atoms with Crippen molar-refractivity contribution < 1.29 is 14.3 Å². The third-order valence-electron chi connectivity index (χ3n) is 4.43. The van der Waals surface area contributed by atoms with Gasteiger partial charge in [-0.2, -0.15) is 0 Å². The molecule has 2 aliphatic rings. The molecule has 122 valence electrons. The van der Waals surface area contributed by atoms with Gasteiger partial charge in [0, 0.05) is 12.3 Å². The van der Waals surface area contributed by atoms with E-state index in [0.717, 1.165) is 25.7 Å². The Bertz CT molecular complexity index is 305. The summed E-state index contributed by atoms with van der Waals surface area (Å²) in [6.45, 7) is 2.22. The van der Waals surface area contributed by atoms with E-state index >= 15 is 0 Å². The highest BCUT2D eigenvalue weighted by Crippen LogP contribution is 2.23. The Kier molecular flexibility index (Phi) is 9.31. The summed E-state index contributed by atoms with van der Waals surface area (Å²) in [4.78, 5) is 21.2. The van der Waals surface area contributed by atoms with Gasteiger partial charge in [-0.05, 0) is 32.6 Å². The van der Waals surface area contributed by atoms with Crippen LogP contribution in [0.4, 0.5) is 0 Å². The van der Waals surface area contributed by atoms with E-state index in [0.29, 0.717) is 30.8 Å². The average molecular weight is 297 g/mol. The molecule has 0 bridgehead atoms. The smallest absolute Gasteiger partial charge is 0.219 e. The van der Waals surface area contributed by atoms with E-state index < -0.39 is 0 Å². The normalized spacial score (nSPS) is 20.4. The number of ketones is 1. The van der Waals surface area contributed by atoms with Gasteiger partial charge in [0.25, 0.3) is 0 Å². The predicted octanol–water partition coefficient (Wildman–Crippen LogP) is 3.37. The number of nitrogens with two attached hydrogens (primary N) is 1. The standard InChI is InChI=1S/C9H17NO2.C8H14O/c10-9(11)6-7-12-8-4-2-1-3-5-8;1-7(9)8-5-3-2-4-6-8/h8H,1-7H2,(H2,10,11);8H,2-6H2,1H3. The molecule has 4 heteroatoms. The van der Waals surface area contributed by atoms with Crippen molar-refractivity contribution in [1.29, 1.82) is 0 Å². The minimum atomic E-state index is -0.272. The summed E-state index contributed by atoms with van der Waals surface area (Å²) in [6, 6.07) is 0. The van der Waals surface area contributed by atoms with Crippen LogP contribution in [-0.2, 0) is 14.3 Å². The Morgan fingerprint density at radius 1 is 0.952 bits per heavy atom. The molecule has 0 heterocycles. The Hall–Kier alpha value is -0.900. The van der Waals surface area contributed by atoms with E-state index in [1.54, 1.807) is 6.92 Å². The Morgan fingerprint density at radius 2 is 1.48 bits per heavy atom.